The number of methoxy groups -OCH3 is 2. The van der Waals surface area contributed by atoms with Gasteiger partial charge in [0.1, 0.15) is 11.5 Å². The zero-order valence-electron chi connectivity index (χ0n) is 12.1. The third-order valence-corrected chi connectivity index (χ3v) is 3.48. The number of ether oxygens (including phenoxy) is 2. The van der Waals surface area contributed by atoms with Crippen LogP contribution >= 0.6 is 12.4 Å². The van der Waals surface area contributed by atoms with Crippen molar-refractivity contribution in [3.05, 3.63) is 23.8 Å². The Morgan fingerprint density at radius 3 is 2.71 bits per heavy atom. The minimum atomic E-state index is -0.414. The fourth-order valence-electron chi connectivity index (χ4n) is 2.24. The molecule has 7 heteroatoms. The summed E-state index contributed by atoms with van der Waals surface area (Å²) in [6.45, 7) is 1.70. The molecule has 1 aromatic rings. The third-order valence-electron chi connectivity index (χ3n) is 3.48. The van der Waals surface area contributed by atoms with Gasteiger partial charge in [-0.15, -0.1) is 12.4 Å². The van der Waals surface area contributed by atoms with E-state index in [0.29, 0.717) is 36.7 Å². The molecule has 0 aromatic heterocycles. The Morgan fingerprint density at radius 1 is 1.38 bits per heavy atom. The van der Waals surface area contributed by atoms with Crippen molar-refractivity contribution in [2.75, 3.05) is 33.9 Å². The first kappa shape index (κ1) is 17.6. The molecule has 1 aromatic carbocycles. The Bertz CT molecular complexity index is 484. The van der Waals surface area contributed by atoms with Crippen molar-refractivity contribution in [2.45, 2.75) is 6.10 Å². The van der Waals surface area contributed by atoms with E-state index in [1.165, 1.54) is 7.11 Å². The topological polar surface area (TPSA) is 79.8 Å². The average molecular weight is 317 g/mol. The summed E-state index contributed by atoms with van der Waals surface area (Å²) in [4.78, 5) is 12.2. The number of hydrogen-bond donors (Lipinski definition) is 3. The predicted octanol–water partition coefficient (Wildman–Crippen LogP) is 0.436. The Labute approximate surface area is 130 Å². The van der Waals surface area contributed by atoms with E-state index in [0.717, 1.165) is 0 Å². The molecule has 0 aliphatic carbocycles. The molecule has 1 fully saturated rings. The number of carbonyl (C=O) groups is 1. The molecule has 0 bridgehead atoms. The summed E-state index contributed by atoms with van der Waals surface area (Å²) in [6.07, 6.45) is -0.414. The summed E-state index contributed by atoms with van der Waals surface area (Å²) in [5.41, 5.74) is 0.423. The number of aliphatic hydroxyl groups excluding tert-OH is 1. The molecule has 1 aliphatic heterocycles. The fourth-order valence-corrected chi connectivity index (χ4v) is 2.24. The van der Waals surface area contributed by atoms with Crippen LogP contribution in [-0.4, -0.2) is 51.0 Å². The number of carbonyl (C=O) groups excluding carboxylic acids is 1. The van der Waals surface area contributed by atoms with Gasteiger partial charge in [-0.05, 0) is 18.2 Å². The largest absolute Gasteiger partial charge is 0.497 e. The van der Waals surface area contributed by atoms with Crippen molar-refractivity contribution < 1.29 is 19.4 Å². The van der Waals surface area contributed by atoms with Crippen LogP contribution in [0.5, 0.6) is 11.5 Å². The van der Waals surface area contributed by atoms with Crippen LogP contribution in [0.1, 0.15) is 10.4 Å². The minimum Gasteiger partial charge on any atom is -0.497 e. The molecule has 0 saturated carbocycles. The van der Waals surface area contributed by atoms with E-state index in [4.69, 9.17) is 9.47 Å². The smallest absolute Gasteiger partial charge is 0.255 e. The molecule has 2 atom stereocenters. The van der Waals surface area contributed by atoms with Crippen LogP contribution in [0.2, 0.25) is 0 Å². The van der Waals surface area contributed by atoms with Gasteiger partial charge in [-0.3, -0.25) is 4.79 Å². The second-order valence-electron chi connectivity index (χ2n) is 4.76. The molecule has 0 radical (unpaired) electrons. The Hall–Kier alpha value is -1.50. The van der Waals surface area contributed by atoms with Crippen LogP contribution in [0, 0.1) is 5.92 Å². The SMILES string of the molecule is COc1ccc(OC)c(C(=O)NCC2CNCC2O)c1.Cl. The highest BCUT2D eigenvalue weighted by atomic mass is 35.5. The van der Waals surface area contributed by atoms with Gasteiger partial charge in [-0.2, -0.15) is 0 Å². The number of nitrogens with one attached hydrogen (secondary N) is 2. The van der Waals surface area contributed by atoms with Crippen molar-refractivity contribution in [2.24, 2.45) is 5.92 Å². The van der Waals surface area contributed by atoms with Gasteiger partial charge in [0.25, 0.3) is 5.91 Å². The van der Waals surface area contributed by atoms with Crippen LogP contribution in [0.25, 0.3) is 0 Å². The Morgan fingerprint density at radius 2 is 2.14 bits per heavy atom. The van der Waals surface area contributed by atoms with Crippen molar-refractivity contribution in [1.82, 2.24) is 10.6 Å². The lowest BCUT2D eigenvalue weighted by molar-refractivity contribution is 0.0923. The van der Waals surface area contributed by atoms with Gasteiger partial charge in [-0.25, -0.2) is 0 Å². The van der Waals surface area contributed by atoms with E-state index in [-0.39, 0.29) is 24.2 Å². The second-order valence-corrected chi connectivity index (χ2v) is 4.76. The summed E-state index contributed by atoms with van der Waals surface area (Å²) >= 11 is 0. The molecule has 118 valence electrons. The van der Waals surface area contributed by atoms with Crippen molar-refractivity contribution in [3.8, 4) is 11.5 Å². The number of hydrogen-bond acceptors (Lipinski definition) is 5. The quantitative estimate of drug-likeness (QED) is 0.734. The van der Waals surface area contributed by atoms with E-state index in [1.807, 2.05) is 0 Å². The van der Waals surface area contributed by atoms with Crippen LogP contribution in [-0.2, 0) is 0 Å². The zero-order valence-corrected chi connectivity index (χ0v) is 12.9. The third kappa shape index (κ3) is 4.23. The molecule has 21 heavy (non-hydrogen) atoms. The van der Waals surface area contributed by atoms with Gasteiger partial charge in [0.15, 0.2) is 0 Å². The fraction of sp³-hybridized carbons (Fsp3) is 0.500. The van der Waals surface area contributed by atoms with Gasteiger partial charge < -0.3 is 25.2 Å². The lowest BCUT2D eigenvalue weighted by Crippen LogP contribution is -2.34. The van der Waals surface area contributed by atoms with Crippen LogP contribution < -0.4 is 20.1 Å². The maximum absolute atomic E-state index is 12.2. The first-order valence-corrected chi connectivity index (χ1v) is 6.54. The van der Waals surface area contributed by atoms with Crippen LogP contribution in [0.3, 0.4) is 0 Å². The Kier molecular flexibility index (Phi) is 6.74. The highest BCUT2D eigenvalue weighted by Crippen LogP contribution is 2.23. The number of halogens is 1. The van der Waals surface area contributed by atoms with E-state index in [1.54, 1.807) is 25.3 Å². The first-order valence-electron chi connectivity index (χ1n) is 6.54. The lowest BCUT2D eigenvalue weighted by atomic mass is 10.1. The highest BCUT2D eigenvalue weighted by molar-refractivity contribution is 5.97. The molecule has 0 spiro atoms. The maximum atomic E-state index is 12.2. The zero-order chi connectivity index (χ0) is 14.5. The summed E-state index contributed by atoms with van der Waals surface area (Å²) in [6, 6.07) is 5.07. The molecule has 1 amide bonds. The molecule has 6 nitrogen and oxygen atoms in total. The van der Waals surface area contributed by atoms with E-state index in [2.05, 4.69) is 10.6 Å². The normalized spacial score (nSPS) is 20.5. The Balaban J connectivity index is 0.00000220. The predicted molar refractivity (Wildman–Crippen MR) is 81.5 cm³/mol. The van der Waals surface area contributed by atoms with Crippen LogP contribution in [0.4, 0.5) is 0 Å². The summed E-state index contributed by atoms with van der Waals surface area (Å²) in [5.74, 6) is 0.891. The molecule has 1 aliphatic rings. The minimum absolute atomic E-state index is 0. The molecule has 1 heterocycles. The second kappa shape index (κ2) is 8.07. The van der Waals surface area contributed by atoms with Crippen molar-refractivity contribution >= 4 is 18.3 Å². The van der Waals surface area contributed by atoms with Gasteiger partial charge in [0, 0.05) is 25.6 Å². The number of β-amino-alcohol motifs (C(OH)–C–C–N with tert-alkyl or cyclic N) is 1. The number of aliphatic hydroxyl groups is 1. The number of benzene rings is 1. The monoisotopic (exact) mass is 316 g/mol. The van der Waals surface area contributed by atoms with Crippen LogP contribution in [0.15, 0.2) is 18.2 Å². The number of rotatable bonds is 5. The molecule has 3 N–H and O–H groups in total. The highest BCUT2D eigenvalue weighted by Gasteiger charge is 2.25. The van der Waals surface area contributed by atoms with E-state index < -0.39 is 6.10 Å². The van der Waals surface area contributed by atoms with Crippen molar-refractivity contribution in [1.29, 1.82) is 0 Å². The summed E-state index contributed by atoms with van der Waals surface area (Å²) in [7, 11) is 3.06. The average Bonchev–Trinajstić information content (AvgIpc) is 2.89. The van der Waals surface area contributed by atoms with Gasteiger partial charge >= 0.3 is 0 Å². The molecule has 1 saturated heterocycles. The molecule has 2 unspecified atom stereocenters. The van der Waals surface area contributed by atoms with Gasteiger partial charge in [0.05, 0.1) is 25.9 Å². The van der Waals surface area contributed by atoms with Gasteiger partial charge in [0.2, 0.25) is 0 Å². The standard InChI is InChI=1S/C14H20N2O4.ClH/c1-19-10-3-4-13(20-2)11(5-10)14(18)16-7-9-6-15-8-12(9)17;/h3-5,9,12,15,17H,6-8H2,1-2H3,(H,16,18);1H. The van der Waals surface area contributed by atoms with E-state index in [9.17, 15) is 9.90 Å². The maximum Gasteiger partial charge on any atom is 0.255 e. The first-order chi connectivity index (χ1) is 9.65. The van der Waals surface area contributed by atoms with E-state index >= 15 is 0 Å². The lowest BCUT2D eigenvalue weighted by Gasteiger charge is -2.15. The number of amides is 1. The molecular formula is C14H21ClN2O4. The summed E-state index contributed by atoms with van der Waals surface area (Å²) in [5, 5.41) is 15.6. The van der Waals surface area contributed by atoms with Crippen molar-refractivity contribution in [3.63, 3.8) is 0 Å². The van der Waals surface area contributed by atoms with Gasteiger partial charge in [-0.1, -0.05) is 0 Å². The molecule has 2 rings (SSSR count). The summed E-state index contributed by atoms with van der Waals surface area (Å²) < 4.78 is 10.3. The molecular weight excluding hydrogens is 296 g/mol.